The van der Waals surface area contributed by atoms with Gasteiger partial charge >= 0.3 is 0 Å². The number of aliphatic hydroxyl groups is 1. The van der Waals surface area contributed by atoms with Crippen molar-refractivity contribution in [2.75, 3.05) is 6.61 Å². The van der Waals surface area contributed by atoms with Gasteiger partial charge in [0.1, 0.15) is 0 Å². The van der Waals surface area contributed by atoms with Gasteiger partial charge in [-0.15, -0.1) is 0 Å². The van der Waals surface area contributed by atoms with E-state index in [2.05, 4.69) is 23.4 Å². The van der Waals surface area contributed by atoms with Crippen LogP contribution in [0, 0.1) is 5.92 Å². The summed E-state index contributed by atoms with van der Waals surface area (Å²) in [5, 5.41) is 17.7. The average Bonchev–Trinajstić information content (AvgIpc) is 2.91. The van der Waals surface area contributed by atoms with Crippen LogP contribution in [0.15, 0.2) is 30.6 Å². The van der Waals surface area contributed by atoms with E-state index in [1.165, 1.54) is 18.4 Å². The minimum Gasteiger partial charge on any atom is -0.394 e. The number of nitrogens with zero attached hydrogens (tertiary/aromatic N) is 2. The van der Waals surface area contributed by atoms with Gasteiger partial charge in [0.15, 0.2) is 0 Å². The van der Waals surface area contributed by atoms with Crippen molar-refractivity contribution in [2.24, 2.45) is 5.92 Å². The highest BCUT2D eigenvalue weighted by atomic mass is 16.3. The van der Waals surface area contributed by atoms with E-state index in [1.54, 1.807) is 0 Å². The molecule has 0 saturated heterocycles. The van der Waals surface area contributed by atoms with Crippen molar-refractivity contribution in [3.63, 3.8) is 0 Å². The van der Waals surface area contributed by atoms with E-state index >= 15 is 0 Å². The van der Waals surface area contributed by atoms with Gasteiger partial charge in [0.05, 0.1) is 18.3 Å². The van der Waals surface area contributed by atoms with Crippen LogP contribution in [0.2, 0.25) is 0 Å². The van der Waals surface area contributed by atoms with Crippen LogP contribution >= 0.6 is 0 Å². The number of fused-ring (bicyclic) bond motifs is 1. The Kier molecular flexibility index (Phi) is 3.76. The number of pyridine rings is 1. The van der Waals surface area contributed by atoms with Crippen LogP contribution in [0.25, 0.3) is 5.52 Å². The Balaban J connectivity index is 1.72. The molecule has 2 aromatic heterocycles. The monoisotopic (exact) mass is 273 g/mol. The molecule has 1 aliphatic rings. The van der Waals surface area contributed by atoms with E-state index < -0.39 is 0 Å². The summed E-state index contributed by atoms with van der Waals surface area (Å²) in [6.07, 6.45) is 8.39. The molecule has 20 heavy (non-hydrogen) atoms. The molecule has 0 amide bonds. The summed E-state index contributed by atoms with van der Waals surface area (Å²) in [7, 11) is 0. The fraction of sp³-hybridized carbons (Fsp3) is 0.562. The van der Waals surface area contributed by atoms with Crippen LogP contribution in [0.3, 0.4) is 0 Å². The molecular weight excluding hydrogens is 250 g/mol. The number of nitrogens with one attached hydrogen (secondary N) is 1. The van der Waals surface area contributed by atoms with Gasteiger partial charge in [-0.2, -0.15) is 5.10 Å². The SMILES string of the molecule is CC1CCC(CO)(NCc2cnn3ccccc23)CC1. The predicted octanol–water partition coefficient (Wildman–Crippen LogP) is 2.37. The van der Waals surface area contributed by atoms with E-state index in [-0.39, 0.29) is 12.1 Å². The topological polar surface area (TPSA) is 49.6 Å². The summed E-state index contributed by atoms with van der Waals surface area (Å²) < 4.78 is 1.89. The molecule has 0 radical (unpaired) electrons. The third-order valence-corrected chi connectivity index (χ3v) is 4.69. The van der Waals surface area contributed by atoms with E-state index in [0.717, 1.165) is 30.8 Å². The minimum atomic E-state index is -0.102. The molecule has 0 aromatic carbocycles. The summed E-state index contributed by atoms with van der Waals surface area (Å²) in [4.78, 5) is 0. The molecule has 0 spiro atoms. The molecule has 0 atom stereocenters. The number of aromatic nitrogens is 2. The fourth-order valence-electron chi connectivity index (χ4n) is 3.11. The van der Waals surface area contributed by atoms with Gasteiger partial charge in [-0.1, -0.05) is 13.0 Å². The zero-order valence-electron chi connectivity index (χ0n) is 12.0. The molecule has 0 bridgehead atoms. The third-order valence-electron chi connectivity index (χ3n) is 4.69. The molecule has 4 nitrogen and oxygen atoms in total. The lowest BCUT2D eigenvalue weighted by Gasteiger charge is -2.39. The number of hydrogen-bond donors (Lipinski definition) is 2. The Bertz CT molecular complexity index is 570. The quantitative estimate of drug-likeness (QED) is 0.899. The van der Waals surface area contributed by atoms with Crippen LogP contribution in [0.1, 0.15) is 38.2 Å². The Hall–Kier alpha value is -1.39. The van der Waals surface area contributed by atoms with Crippen molar-refractivity contribution in [1.82, 2.24) is 14.9 Å². The minimum absolute atomic E-state index is 0.102. The van der Waals surface area contributed by atoms with Gasteiger partial charge in [0, 0.05) is 23.8 Å². The van der Waals surface area contributed by atoms with Crippen LogP contribution in [-0.2, 0) is 6.54 Å². The van der Waals surface area contributed by atoms with E-state index in [4.69, 9.17) is 0 Å². The first-order valence-electron chi connectivity index (χ1n) is 7.50. The summed E-state index contributed by atoms with van der Waals surface area (Å²) >= 11 is 0. The fourth-order valence-corrected chi connectivity index (χ4v) is 3.11. The van der Waals surface area contributed by atoms with Gasteiger partial charge in [-0.25, -0.2) is 4.52 Å². The van der Waals surface area contributed by atoms with Gasteiger partial charge in [0.2, 0.25) is 0 Å². The van der Waals surface area contributed by atoms with Crippen molar-refractivity contribution in [2.45, 2.75) is 44.7 Å². The van der Waals surface area contributed by atoms with Crippen molar-refractivity contribution < 1.29 is 5.11 Å². The lowest BCUT2D eigenvalue weighted by molar-refractivity contribution is 0.104. The van der Waals surface area contributed by atoms with Crippen LogP contribution in [0.5, 0.6) is 0 Å². The van der Waals surface area contributed by atoms with Crippen LogP contribution < -0.4 is 5.32 Å². The lowest BCUT2D eigenvalue weighted by atomic mass is 9.77. The molecule has 2 heterocycles. The van der Waals surface area contributed by atoms with Gasteiger partial charge in [-0.05, 0) is 43.7 Å². The van der Waals surface area contributed by atoms with Crippen molar-refractivity contribution >= 4 is 5.52 Å². The maximum atomic E-state index is 9.79. The second-order valence-corrected chi connectivity index (χ2v) is 6.17. The molecule has 2 aromatic rings. The molecule has 3 rings (SSSR count). The average molecular weight is 273 g/mol. The molecule has 1 aliphatic carbocycles. The van der Waals surface area contributed by atoms with Gasteiger partial charge in [0.25, 0.3) is 0 Å². The zero-order valence-corrected chi connectivity index (χ0v) is 12.0. The third kappa shape index (κ3) is 2.58. The van der Waals surface area contributed by atoms with E-state index in [9.17, 15) is 5.11 Å². The Morgan fingerprint density at radius 3 is 2.95 bits per heavy atom. The van der Waals surface area contributed by atoms with E-state index in [0.29, 0.717) is 0 Å². The maximum absolute atomic E-state index is 9.79. The second kappa shape index (κ2) is 5.54. The number of hydrogen-bond acceptors (Lipinski definition) is 3. The molecule has 2 N–H and O–H groups in total. The largest absolute Gasteiger partial charge is 0.394 e. The number of aliphatic hydroxyl groups excluding tert-OH is 1. The molecule has 1 saturated carbocycles. The van der Waals surface area contributed by atoms with Crippen molar-refractivity contribution in [3.8, 4) is 0 Å². The highest BCUT2D eigenvalue weighted by molar-refractivity contribution is 5.53. The summed E-state index contributed by atoms with van der Waals surface area (Å²) in [5.74, 6) is 0.786. The molecular formula is C16H23N3O. The highest BCUT2D eigenvalue weighted by Gasteiger charge is 2.33. The highest BCUT2D eigenvalue weighted by Crippen LogP contribution is 2.32. The summed E-state index contributed by atoms with van der Waals surface area (Å²) in [5.41, 5.74) is 2.23. The summed E-state index contributed by atoms with van der Waals surface area (Å²) in [6, 6.07) is 6.10. The molecule has 1 fully saturated rings. The normalized spacial score (nSPS) is 27.0. The Morgan fingerprint density at radius 1 is 1.40 bits per heavy atom. The van der Waals surface area contributed by atoms with Gasteiger partial charge in [-0.3, -0.25) is 0 Å². The Labute approximate surface area is 119 Å². The molecule has 108 valence electrons. The van der Waals surface area contributed by atoms with Crippen LogP contribution in [-0.4, -0.2) is 26.9 Å². The van der Waals surface area contributed by atoms with Crippen molar-refractivity contribution in [3.05, 3.63) is 36.2 Å². The lowest BCUT2D eigenvalue weighted by Crippen LogP contribution is -2.50. The number of rotatable bonds is 4. The van der Waals surface area contributed by atoms with E-state index in [1.807, 2.05) is 29.0 Å². The predicted molar refractivity (Wildman–Crippen MR) is 79.5 cm³/mol. The first-order chi connectivity index (χ1) is 9.72. The Morgan fingerprint density at radius 2 is 2.20 bits per heavy atom. The zero-order chi connectivity index (χ0) is 14.0. The standard InChI is InChI=1S/C16H23N3O/c1-13-5-7-16(12-20,8-6-13)17-10-14-11-18-19-9-3-2-4-15(14)19/h2-4,9,11,13,17,20H,5-8,10,12H2,1H3. The summed E-state index contributed by atoms with van der Waals surface area (Å²) in [6.45, 7) is 3.29. The van der Waals surface area contributed by atoms with Crippen molar-refractivity contribution in [1.29, 1.82) is 0 Å². The maximum Gasteiger partial charge on any atom is 0.0706 e. The molecule has 4 heteroatoms. The van der Waals surface area contributed by atoms with Crippen LogP contribution in [0.4, 0.5) is 0 Å². The smallest absolute Gasteiger partial charge is 0.0706 e. The first-order valence-corrected chi connectivity index (χ1v) is 7.50. The second-order valence-electron chi connectivity index (χ2n) is 6.17. The van der Waals surface area contributed by atoms with Gasteiger partial charge < -0.3 is 10.4 Å². The first kappa shape index (κ1) is 13.6. The molecule has 0 aliphatic heterocycles. The molecule has 0 unspecified atom stereocenters.